The van der Waals surface area contributed by atoms with Crippen LogP contribution in [0.15, 0.2) is 54.7 Å². The Hall–Kier alpha value is -4.38. The molecule has 0 aliphatic heterocycles. The molecule has 1 aromatic heterocycles. The van der Waals surface area contributed by atoms with Gasteiger partial charge in [0.2, 0.25) is 17.7 Å². The zero-order chi connectivity index (χ0) is 31.7. The van der Waals surface area contributed by atoms with E-state index in [0.29, 0.717) is 18.4 Å². The van der Waals surface area contributed by atoms with Gasteiger partial charge in [-0.1, -0.05) is 64.4 Å². The molecular formula is C32H43N5O6. The highest BCUT2D eigenvalue weighted by Gasteiger charge is 2.33. The van der Waals surface area contributed by atoms with Gasteiger partial charge in [0, 0.05) is 23.5 Å². The van der Waals surface area contributed by atoms with Crippen molar-refractivity contribution in [3.8, 4) is 5.75 Å². The molecule has 0 aliphatic rings. The number of hydrogen-bond donors (Lipinski definition) is 7. The van der Waals surface area contributed by atoms with Crippen molar-refractivity contribution >= 4 is 34.6 Å². The molecule has 8 N–H and O–H groups in total. The van der Waals surface area contributed by atoms with E-state index in [1.807, 2.05) is 51.2 Å². The third-order valence-electron chi connectivity index (χ3n) is 7.58. The quantitative estimate of drug-likeness (QED) is 0.141. The molecule has 43 heavy (non-hydrogen) atoms. The van der Waals surface area contributed by atoms with Crippen LogP contribution in [0.4, 0.5) is 0 Å². The second-order valence-corrected chi connectivity index (χ2v) is 11.5. The van der Waals surface area contributed by atoms with E-state index in [2.05, 4.69) is 20.9 Å². The van der Waals surface area contributed by atoms with Gasteiger partial charge < -0.3 is 36.9 Å². The lowest BCUT2D eigenvalue weighted by Gasteiger charge is -2.28. The van der Waals surface area contributed by atoms with Crippen molar-refractivity contribution in [2.24, 2.45) is 17.6 Å². The first kappa shape index (κ1) is 33.1. The third-order valence-corrected chi connectivity index (χ3v) is 7.58. The minimum Gasteiger partial charge on any atom is -0.508 e. The maximum absolute atomic E-state index is 13.5. The Morgan fingerprint density at radius 2 is 1.51 bits per heavy atom. The number of carbonyl (C=O) groups excluding carboxylic acids is 3. The molecule has 3 aromatic rings. The summed E-state index contributed by atoms with van der Waals surface area (Å²) in [6, 6.07) is 9.57. The molecule has 5 atom stereocenters. The van der Waals surface area contributed by atoms with Gasteiger partial charge in [-0.05, 0) is 54.0 Å². The van der Waals surface area contributed by atoms with Crippen molar-refractivity contribution in [2.45, 2.75) is 77.5 Å². The molecule has 0 aliphatic carbocycles. The van der Waals surface area contributed by atoms with E-state index in [0.717, 1.165) is 16.5 Å². The molecule has 3 rings (SSSR count). The van der Waals surface area contributed by atoms with Gasteiger partial charge in [0.05, 0.1) is 6.04 Å². The summed E-state index contributed by atoms with van der Waals surface area (Å²) in [4.78, 5) is 55.2. The fourth-order valence-corrected chi connectivity index (χ4v) is 4.90. The largest absolute Gasteiger partial charge is 0.508 e. The minimum atomic E-state index is -1.26. The Morgan fingerprint density at radius 1 is 0.860 bits per heavy atom. The van der Waals surface area contributed by atoms with Crippen LogP contribution in [0.1, 0.15) is 51.7 Å². The average molecular weight is 594 g/mol. The van der Waals surface area contributed by atoms with Gasteiger partial charge >= 0.3 is 5.97 Å². The maximum Gasteiger partial charge on any atom is 0.326 e. The Labute approximate surface area is 251 Å². The number of benzene rings is 2. The molecule has 0 saturated heterocycles. The molecule has 0 bridgehead atoms. The van der Waals surface area contributed by atoms with Crippen LogP contribution in [0.25, 0.3) is 10.9 Å². The predicted octanol–water partition coefficient (Wildman–Crippen LogP) is 2.62. The average Bonchev–Trinajstić information content (AvgIpc) is 3.37. The smallest absolute Gasteiger partial charge is 0.326 e. The molecule has 0 radical (unpaired) electrons. The van der Waals surface area contributed by atoms with Gasteiger partial charge in [-0.2, -0.15) is 0 Å². The summed E-state index contributed by atoms with van der Waals surface area (Å²) >= 11 is 0. The second-order valence-electron chi connectivity index (χ2n) is 11.5. The lowest BCUT2D eigenvalue weighted by atomic mass is 9.95. The van der Waals surface area contributed by atoms with Crippen LogP contribution in [0, 0.1) is 11.8 Å². The summed E-state index contributed by atoms with van der Waals surface area (Å²) in [5.74, 6) is -3.15. The highest BCUT2D eigenvalue weighted by atomic mass is 16.4. The molecule has 2 aromatic carbocycles. The van der Waals surface area contributed by atoms with Gasteiger partial charge in [0.15, 0.2) is 0 Å². The Balaban J connectivity index is 1.71. The van der Waals surface area contributed by atoms with Gasteiger partial charge in [-0.15, -0.1) is 0 Å². The first-order chi connectivity index (χ1) is 20.4. The predicted molar refractivity (Wildman–Crippen MR) is 164 cm³/mol. The molecule has 0 spiro atoms. The number of carboxylic acid groups (broad SMARTS) is 1. The summed E-state index contributed by atoms with van der Waals surface area (Å²) in [5, 5.41) is 28.3. The van der Waals surface area contributed by atoms with E-state index in [4.69, 9.17) is 5.73 Å². The number of phenolic OH excluding ortho intramolecular Hbond substituents is 1. The molecule has 0 saturated carbocycles. The number of nitrogens with one attached hydrogen (secondary N) is 4. The monoisotopic (exact) mass is 593 g/mol. The number of para-hydroxylation sites is 1. The SMILES string of the molecule is CCC(C)C(NC(=O)C(CC(C)C)NC(=O)C(N)Cc1c[nH]c2ccccc12)C(=O)NC(Cc1ccc(O)cc1)C(=O)O. The second kappa shape index (κ2) is 15.2. The van der Waals surface area contributed by atoms with Crippen molar-refractivity contribution in [3.05, 3.63) is 65.9 Å². The van der Waals surface area contributed by atoms with E-state index < -0.39 is 47.9 Å². The van der Waals surface area contributed by atoms with Crippen LogP contribution < -0.4 is 21.7 Å². The Kier molecular flexibility index (Phi) is 11.7. The Bertz CT molecular complexity index is 1400. The lowest BCUT2D eigenvalue weighted by molar-refractivity contribution is -0.142. The van der Waals surface area contributed by atoms with E-state index in [-0.39, 0.29) is 30.4 Å². The number of carboxylic acids is 1. The zero-order valence-corrected chi connectivity index (χ0v) is 25.1. The molecule has 11 nitrogen and oxygen atoms in total. The maximum atomic E-state index is 13.5. The van der Waals surface area contributed by atoms with E-state index >= 15 is 0 Å². The first-order valence-corrected chi connectivity index (χ1v) is 14.6. The van der Waals surface area contributed by atoms with Crippen LogP contribution >= 0.6 is 0 Å². The number of hydrogen-bond acceptors (Lipinski definition) is 6. The molecule has 0 fully saturated rings. The highest BCUT2D eigenvalue weighted by molar-refractivity contribution is 5.94. The van der Waals surface area contributed by atoms with Gasteiger partial charge in [0.1, 0.15) is 23.9 Å². The minimum absolute atomic E-state index is 0.0110. The normalized spacial score (nSPS) is 14.8. The number of amides is 3. The number of aromatic nitrogens is 1. The standard InChI is InChI=1S/C32H43N5O6/c1-5-19(4)28(31(41)36-27(32(42)43)15-20-10-12-22(38)13-11-20)37-30(40)26(14-18(2)3)35-29(39)24(33)16-21-17-34-25-9-7-6-8-23(21)25/h6-13,17-19,24,26-28,34,38H,5,14-16,33H2,1-4H3,(H,35,39)(H,36,41)(H,37,40)(H,42,43). The summed E-state index contributed by atoms with van der Waals surface area (Å²) in [7, 11) is 0. The topological polar surface area (TPSA) is 187 Å². The molecule has 1 heterocycles. The van der Waals surface area contributed by atoms with E-state index in [1.165, 1.54) is 12.1 Å². The first-order valence-electron chi connectivity index (χ1n) is 14.6. The number of aliphatic carboxylic acids is 1. The van der Waals surface area contributed by atoms with Crippen molar-refractivity contribution in [1.29, 1.82) is 0 Å². The number of aromatic amines is 1. The summed E-state index contributed by atoms with van der Waals surface area (Å²) in [5.41, 5.74) is 8.69. The van der Waals surface area contributed by atoms with Crippen LogP contribution in [0.2, 0.25) is 0 Å². The molecule has 11 heteroatoms. The molecule has 232 valence electrons. The number of H-pyrrole nitrogens is 1. The number of rotatable bonds is 15. The molecular weight excluding hydrogens is 550 g/mol. The number of fused-ring (bicyclic) bond motifs is 1. The van der Waals surface area contributed by atoms with Gasteiger partial charge in [0.25, 0.3) is 0 Å². The van der Waals surface area contributed by atoms with Crippen LogP contribution in [0.5, 0.6) is 5.75 Å². The summed E-state index contributed by atoms with van der Waals surface area (Å²) in [6.45, 7) is 7.47. The van der Waals surface area contributed by atoms with Gasteiger partial charge in [-0.3, -0.25) is 14.4 Å². The van der Waals surface area contributed by atoms with Gasteiger partial charge in [-0.25, -0.2) is 4.79 Å². The van der Waals surface area contributed by atoms with Crippen molar-refractivity contribution in [1.82, 2.24) is 20.9 Å². The molecule has 3 amide bonds. The fourth-order valence-electron chi connectivity index (χ4n) is 4.90. The fraction of sp³-hybridized carbons (Fsp3) is 0.438. The van der Waals surface area contributed by atoms with Crippen LogP contribution in [-0.4, -0.2) is 63.1 Å². The van der Waals surface area contributed by atoms with Crippen LogP contribution in [-0.2, 0) is 32.0 Å². The van der Waals surface area contributed by atoms with E-state index in [9.17, 15) is 29.4 Å². The number of nitrogens with two attached hydrogens (primary N) is 1. The summed E-state index contributed by atoms with van der Waals surface area (Å²) in [6.07, 6.45) is 2.91. The van der Waals surface area contributed by atoms with Crippen molar-refractivity contribution in [3.63, 3.8) is 0 Å². The van der Waals surface area contributed by atoms with Crippen molar-refractivity contribution < 1.29 is 29.4 Å². The number of aromatic hydroxyl groups is 1. The van der Waals surface area contributed by atoms with Crippen LogP contribution in [0.3, 0.4) is 0 Å². The zero-order valence-electron chi connectivity index (χ0n) is 25.1. The third kappa shape index (κ3) is 9.31. The lowest BCUT2D eigenvalue weighted by Crippen LogP contribution is -2.59. The highest BCUT2D eigenvalue weighted by Crippen LogP contribution is 2.19. The van der Waals surface area contributed by atoms with Crippen molar-refractivity contribution in [2.75, 3.05) is 0 Å². The Morgan fingerprint density at radius 3 is 2.14 bits per heavy atom. The van der Waals surface area contributed by atoms with E-state index in [1.54, 1.807) is 19.1 Å². The molecule has 5 unspecified atom stereocenters. The number of carbonyl (C=O) groups is 4. The summed E-state index contributed by atoms with van der Waals surface area (Å²) < 4.78 is 0. The number of phenols is 1.